The molecule has 0 spiro atoms. The monoisotopic (exact) mass is 325 g/mol. The standard InChI is InChI=1S/2C7H9.La/c2*1-2-7-5-3-4-6-7;/h2*3-6H,2H2,1H3;/q2*-1;. The fraction of sp³-hybridized carbons (Fsp3) is 0.286. The number of hydrogen-bond donors (Lipinski definition) is 0. The van der Waals surface area contributed by atoms with E-state index >= 15 is 0 Å². The van der Waals surface area contributed by atoms with E-state index in [4.69, 9.17) is 0 Å². The van der Waals surface area contributed by atoms with Crippen molar-refractivity contribution in [1.29, 1.82) is 0 Å². The first-order chi connectivity index (χ1) is 6.86. The Kier molecular flexibility index (Phi) is 9.08. The van der Waals surface area contributed by atoms with Crippen LogP contribution in [0.25, 0.3) is 0 Å². The summed E-state index contributed by atoms with van der Waals surface area (Å²) >= 11 is 0. The van der Waals surface area contributed by atoms with Gasteiger partial charge in [0.15, 0.2) is 0 Å². The van der Waals surface area contributed by atoms with E-state index in [0.717, 1.165) is 12.8 Å². The Labute approximate surface area is 121 Å². The van der Waals surface area contributed by atoms with E-state index < -0.39 is 0 Å². The summed E-state index contributed by atoms with van der Waals surface area (Å²) < 4.78 is 0. The van der Waals surface area contributed by atoms with Crippen LogP contribution in [-0.4, -0.2) is 0 Å². The smallest absolute Gasteiger partial charge is 0 e. The van der Waals surface area contributed by atoms with Crippen LogP contribution in [0.3, 0.4) is 0 Å². The Morgan fingerprint density at radius 2 is 0.933 bits per heavy atom. The maximum Gasteiger partial charge on any atom is 0 e. The summed E-state index contributed by atoms with van der Waals surface area (Å²) in [4.78, 5) is 0. The minimum atomic E-state index is 0. The van der Waals surface area contributed by atoms with Crippen LogP contribution >= 0.6 is 0 Å². The van der Waals surface area contributed by atoms with Gasteiger partial charge in [0, 0.05) is 35.6 Å². The van der Waals surface area contributed by atoms with Crippen molar-refractivity contribution in [2.45, 2.75) is 26.7 Å². The van der Waals surface area contributed by atoms with Gasteiger partial charge in [0.05, 0.1) is 0 Å². The first-order valence-corrected chi connectivity index (χ1v) is 5.28. The molecule has 79 valence electrons. The van der Waals surface area contributed by atoms with E-state index in [-0.39, 0.29) is 35.6 Å². The van der Waals surface area contributed by atoms with Gasteiger partial charge >= 0.3 is 0 Å². The average Bonchev–Trinajstić information content (AvgIpc) is 2.92. The molecule has 0 saturated heterocycles. The van der Waals surface area contributed by atoms with Crippen molar-refractivity contribution in [3.63, 3.8) is 0 Å². The summed E-state index contributed by atoms with van der Waals surface area (Å²) in [5, 5.41) is 0. The van der Waals surface area contributed by atoms with Crippen molar-refractivity contribution < 1.29 is 35.6 Å². The molecule has 0 atom stereocenters. The normalized spacial score (nSPS) is 8.67. The molecule has 0 aliphatic heterocycles. The van der Waals surface area contributed by atoms with Crippen LogP contribution in [0, 0.1) is 35.6 Å². The third-order valence-corrected chi connectivity index (χ3v) is 2.28. The van der Waals surface area contributed by atoms with Gasteiger partial charge < -0.3 is 0 Å². The van der Waals surface area contributed by atoms with Crippen LogP contribution in [0.1, 0.15) is 25.0 Å². The molecule has 1 radical (unpaired) electrons. The minimum Gasteiger partial charge on any atom is -0.213 e. The van der Waals surface area contributed by atoms with Crippen LogP contribution in [0.15, 0.2) is 48.5 Å². The van der Waals surface area contributed by atoms with Gasteiger partial charge in [0.25, 0.3) is 0 Å². The molecule has 0 N–H and O–H groups in total. The second kappa shape index (κ2) is 9.14. The summed E-state index contributed by atoms with van der Waals surface area (Å²) in [6, 6.07) is 16.8. The molecule has 15 heavy (non-hydrogen) atoms. The predicted molar refractivity (Wildman–Crippen MR) is 62.8 cm³/mol. The van der Waals surface area contributed by atoms with Crippen molar-refractivity contribution in [1.82, 2.24) is 0 Å². The summed E-state index contributed by atoms with van der Waals surface area (Å²) in [5.41, 5.74) is 2.86. The number of aryl methyl sites for hydroxylation is 2. The molecule has 2 aromatic carbocycles. The van der Waals surface area contributed by atoms with E-state index in [2.05, 4.69) is 62.4 Å². The topological polar surface area (TPSA) is 0 Å². The fourth-order valence-corrected chi connectivity index (χ4v) is 1.30. The number of rotatable bonds is 2. The second-order valence-electron chi connectivity index (χ2n) is 3.29. The Balaban J connectivity index is 0.000000245. The van der Waals surface area contributed by atoms with Gasteiger partial charge in [-0.3, -0.25) is 0 Å². The molecule has 2 rings (SSSR count). The van der Waals surface area contributed by atoms with Gasteiger partial charge in [-0.1, -0.05) is 26.7 Å². The molecule has 0 fully saturated rings. The summed E-state index contributed by atoms with van der Waals surface area (Å²) in [6.07, 6.45) is 2.32. The molecule has 0 aromatic heterocycles. The number of hydrogen-bond acceptors (Lipinski definition) is 0. The van der Waals surface area contributed by atoms with Crippen LogP contribution in [0.4, 0.5) is 0 Å². The van der Waals surface area contributed by atoms with Crippen molar-refractivity contribution in [2.75, 3.05) is 0 Å². The Morgan fingerprint density at radius 1 is 0.667 bits per heavy atom. The summed E-state index contributed by atoms with van der Waals surface area (Å²) in [5.74, 6) is 0. The van der Waals surface area contributed by atoms with Crippen molar-refractivity contribution in [3.05, 3.63) is 59.7 Å². The van der Waals surface area contributed by atoms with Gasteiger partial charge in [-0.05, 0) is 0 Å². The molecule has 0 amide bonds. The van der Waals surface area contributed by atoms with Crippen LogP contribution < -0.4 is 0 Å². The molecule has 0 saturated carbocycles. The first kappa shape index (κ1) is 14.9. The SMILES string of the molecule is CC[c-]1cccc1.CC[c-]1cccc1.[La]. The van der Waals surface area contributed by atoms with Gasteiger partial charge in [0.1, 0.15) is 0 Å². The van der Waals surface area contributed by atoms with E-state index in [1.807, 2.05) is 0 Å². The minimum absolute atomic E-state index is 0. The second-order valence-corrected chi connectivity index (χ2v) is 3.29. The Morgan fingerprint density at radius 3 is 1.07 bits per heavy atom. The largest absolute Gasteiger partial charge is 0.213 e. The maximum atomic E-state index is 2.16. The van der Waals surface area contributed by atoms with E-state index in [0.29, 0.717) is 0 Å². The summed E-state index contributed by atoms with van der Waals surface area (Å²) in [6.45, 7) is 4.32. The molecule has 0 aliphatic carbocycles. The first-order valence-electron chi connectivity index (χ1n) is 5.28. The molecule has 2 aromatic rings. The van der Waals surface area contributed by atoms with Crippen molar-refractivity contribution in [3.8, 4) is 0 Å². The maximum absolute atomic E-state index is 2.16. The summed E-state index contributed by atoms with van der Waals surface area (Å²) in [7, 11) is 0. The van der Waals surface area contributed by atoms with Crippen LogP contribution in [-0.2, 0) is 12.8 Å². The van der Waals surface area contributed by atoms with E-state index in [1.165, 1.54) is 11.1 Å². The molecule has 0 heterocycles. The average molecular weight is 325 g/mol. The molecule has 0 aliphatic rings. The van der Waals surface area contributed by atoms with Crippen molar-refractivity contribution in [2.24, 2.45) is 0 Å². The zero-order chi connectivity index (χ0) is 10.2. The van der Waals surface area contributed by atoms with Gasteiger partial charge in [-0.2, -0.15) is 35.4 Å². The molecule has 0 nitrogen and oxygen atoms in total. The molecular weight excluding hydrogens is 307 g/mol. The third kappa shape index (κ3) is 6.14. The Bertz CT molecular complexity index is 269. The van der Waals surface area contributed by atoms with Crippen LogP contribution in [0.2, 0.25) is 0 Å². The van der Waals surface area contributed by atoms with Crippen molar-refractivity contribution >= 4 is 0 Å². The van der Waals surface area contributed by atoms with E-state index in [9.17, 15) is 0 Å². The Hall–Kier alpha value is -0.105. The van der Waals surface area contributed by atoms with E-state index in [1.54, 1.807) is 0 Å². The molecule has 0 bridgehead atoms. The quantitative estimate of drug-likeness (QED) is 0.734. The zero-order valence-corrected chi connectivity index (χ0v) is 13.2. The molecule has 0 unspecified atom stereocenters. The van der Waals surface area contributed by atoms with Gasteiger partial charge in [-0.15, -0.1) is 0 Å². The molecule has 1 heteroatoms. The van der Waals surface area contributed by atoms with Gasteiger partial charge in [-0.25, -0.2) is 24.3 Å². The predicted octanol–water partition coefficient (Wildman–Crippen LogP) is 3.94. The van der Waals surface area contributed by atoms with Gasteiger partial charge in [0.2, 0.25) is 0 Å². The van der Waals surface area contributed by atoms with Crippen LogP contribution in [0.5, 0.6) is 0 Å². The fourth-order valence-electron chi connectivity index (χ4n) is 1.30. The third-order valence-electron chi connectivity index (χ3n) is 2.28. The zero-order valence-electron chi connectivity index (χ0n) is 9.61. The molecular formula is C14H18La-2.